The zero-order chi connectivity index (χ0) is 6.57. The summed E-state index contributed by atoms with van der Waals surface area (Å²) in [6.07, 6.45) is 1.04. The molecule has 8 heavy (non-hydrogen) atoms. The van der Waals surface area contributed by atoms with Crippen LogP contribution in [0.4, 0.5) is 0 Å². The molecule has 0 nitrogen and oxygen atoms in total. The van der Waals surface area contributed by atoms with E-state index >= 15 is 0 Å². The van der Waals surface area contributed by atoms with Gasteiger partial charge in [-0.15, -0.1) is 0 Å². The molecule has 0 aromatic carbocycles. The summed E-state index contributed by atoms with van der Waals surface area (Å²) in [6, 6.07) is 0. The minimum atomic E-state index is 0.731. The quantitative estimate of drug-likeness (QED) is 0.567. The van der Waals surface area contributed by atoms with Crippen LogP contribution in [0.1, 0.15) is 27.2 Å². The third kappa shape index (κ3) is 4.51. The van der Waals surface area contributed by atoms with Gasteiger partial charge in [0, 0.05) is 5.25 Å². The van der Waals surface area contributed by atoms with Crippen LogP contribution in [0.2, 0.25) is 0 Å². The van der Waals surface area contributed by atoms with Gasteiger partial charge in [0.1, 0.15) is 0 Å². The molecule has 1 heteroatoms. The largest absolute Gasteiger partial charge is 0.156 e. The zero-order valence-electron chi connectivity index (χ0n) is 5.98. The van der Waals surface area contributed by atoms with Crippen molar-refractivity contribution in [3.63, 3.8) is 0 Å². The fourth-order valence-electron chi connectivity index (χ4n) is 0.533. The molecule has 49 valence electrons. The molecule has 1 unspecified atom stereocenters. The maximum atomic E-state index is 3.82. The molecule has 0 rings (SSSR count). The van der Waals surface area contributed by atoms with E-state index in [1.165, 1.54) is 0 Å². The Hall–Kier alpha value is 0.350. The van der Waals surface area contributed by atoms with Gasteiger partial charge in [0.2, 0.25) is 0 Å². The lowest BCUT2D eigenvalue weighted by Crippen LogP contribution is -1.98. The van der Waals surface area contributed by atoms with Gasteiger partial charge in [-0.3, -0.25) is 0 Å². The molecular weight excluding hydrogens is 116 g/mol. The number of thioether (sulfide) groups is 1. The van der Waals surface area contributed by atoms with E-state index in [1.807, 2.05) is 11.8 Å². The van der Waals surface area contributed by atoms with Crippen molar-refractivity contribution in [1.29, 1.82) is 0 Å². The summed E-state index contributed by atoms with van der Waals surface area (Å²) in [4.78, 5) is 0. The van der Waals surface area contributed by atoms with Gasteiger partial charge in [0.05, 0.1) is 0 Å². The summed E-state index contributed by atoms with van der Waals surface area (Å²) in [5, 5.41) is 1.49. The molecule has 0 spiro atoms. The average molecular weight is 131 g/mol. The summed E-state index contributed by atoms with van der Waals surface area (Å²) in [6.45, 7) is 10.5. The Kier molecular flexibility index (Phi) is 4.44. The zero-order valence-corrected chi connectivity index (χ0v) is 6.79. The molecule has 1 radical (unpaired) electrons. The van der Waals surface area contributed by atoms with E-state index in [-0.39, 0.29) is 0 Å². The van der Waals surface area contributed by atoms with Crippen molar-refractivity contribution in [3.05, 3.63) is 6.92 Å². The number of hydrogen-bond donors (Lipinski definition) is 0. The van der Waals surface area contributed by atoms with Gasteiger partial charge in [-0.1, -0.05) is 27.7 Å². The molecule has 0 saturated carbocycles. The Balaban J connectivity index is 3.10. The first kappa shape index (κ1) is 8.35. The normalized spacial score (nSPS) is 14.6. The van der Waals surface area contributed by atoms with Crippen molar-refractivity contribution in [3.8, 4) is 0 Å². The first-order valence-corrected chi connectivity index (χ1v) is 4.05. The molecule has 0 aliphatic rings. The molecule has 0 bridgehead atoms. The highest BCUT2D eigenvalue weighted by Gasteiger charge is 2.00. The molecule has 0 fully saturated rings. The Morgan fingerprint density at radius 1 is 1.38 bits per heavy atom. The van der Waals surface area contributed by atoms with Crippen LogP contribution in [0.5, 0.6) is 0 Å². The molecule has 1 atom stereocenters. The van der Waals surface area contributed by atoms with Crippen LogP contribution in [0, 0.1) is 6.92 Å². The summed E-state index contributed by atoms with van der Waals surface area (Å²) in [7, 11) is 0. The molecule has 0 aliphatic carbocycles. The predicted octanol–water partition coefficient (Wildman–Crippen LogP) is 2.74. The average Bonchev–Trinajstić information content (AvgIpc) is 1.65. The highest BCUT2D eigenvalue weighted by atomic mass is 32.2. The monoisotopic (exact) mass is 131 g/mol. The molecule has 0 aliphatic heterocycles. The minimum Gasteiger partial charge on any atom is -0.156 e. The van der Waals surface area contributed by atoms with E-state index < -0.39 is 0 Å². The highest BCUT2D eigenvalue weighted by molar-refractivity contribution is 8.00. The lowest BCUT2D eigenvalue weighted by molar-refractivity contribution is 0.960. The molecule has 0 aromatic heterocycles. The third-order valence-electron chi connectivity index (χ3n) is 0.911. The van der Waals surface area contributed by atoms with E-state index in [1.54, 1.807) is 0 Å². The van der Waals surface area contributed by atoms with Crippen molar-refractivity contribution < 1.29 is 0 Å². The third-order valence-corrected chi connectivity index (χ3v) is 2.16. The van der Waals surface area contributed by atoms with Gasteiger partial charge < -0.3 is 0 Å². The fourth-order valence-corrected chi connectivity index (χ4v) is 1.60. The van der Waals surface area contributed by atoms with Crippen LogP contribution in [-0.4, -0.2) is 10.5 Å². The van der Waals surface area contributed by atoms with E-state index in [0.717, 1.165) is 16.9 Å². The van der Waals surface area contributed by atoms with Crippen LogP contribution in [0.15, 0.2) is 0 Å². The maximum Gasteiger partial charge on any atom is 0.00212 e. The topological polar surface area (TPSA) is 0 Å². The number of rotatable bonds is 3. The van der Waals surface area contributed by atoms with E-state index in [2.05, 4.69) is 27.7 Å². The van der Waals surface area contributed by atoms with Crippen molar-refractivity contribution in [1.82, 2.24) is 0 Å². The molecule has 0 heterocycles. The Labute approximate surface area is 57.1 Å². The van der Waals surface area contributed by atoms with Gasteiger partial charge in [-0.05, 0) is 11.7 Å². The first-order valence-electron chi connectivity index (χ1n) is 3.11. The lowest BCUT2D eigenvalue weighted by Gasteiger charge is -2.09. The molecule has 0 saturated heterocycles. The SMILES string of the molecule is [CH2]CC(C)SC(C)C. The summed E-state index contributed by atoms with van der Waals surface area (Å²) < 4.78 is 0. The standard InChI is InChI=1S/C7H15S/c1-5-7(4)8-6(2)3/h6-7H,1,5H2,2-4H3. The van der Waals surface area contributed by atoms with Crippen LogP contribution in [0.3, 0.4) is 0 Å². The predicted molar refractivity (Wildman–Crippen MR) is 42.2 cm³/mol. The summed E-state index contributed by atoms with van der Waals surface area (Å²) in [5.41, 5.74) is 0. The van der Waals surface area contributed by atoms with Crippen molar-refractivity contribution in [2.45, 2.75) is 37.7 Å². The number of hydrogen-bond acceptors (Lipinski definition) is 1. The smallest absolute Gasteiger partial charge is 0.00212 e. The maximum absolute atomic E-state index is 3.82. The van der Waals surface area contributed by atoms with Crippen molar-refractivity contribution in [2.24, 2.45) is 0 Å². The van der Waals surface area contributed by atoms with E-state index in [9.17, 15) is 0 Å². The second-order valence-corrected chi connectivity index (χ2v) is 4.30. The molecule has 0 aromatic rings. The van der Waals surface area contributed by atoms with Gasteiger partial charge in [-0.25, -0.2) is 0 Å². The Morgan fingerprint density at radius 3 is 2.00 bits per heavy atom. The van der Waals surface area contributed by atoms with Crippen molar-refractivity contribution in [2.75, 3.05) is 0 Å². The second kappa shape index (κ2) is 4.25. The van der Waals surface area contributed by atoms with Gasteiger partial charge in [0.25, 0.3) is 0 Å². The van der Waals surface area contributed by atoms with E-state index in [4.69, 9.17) is 0 Å². The van der Waals surface area contributed by atoms with Gasteiger partial charge >= 0.3 is 0 Å². The molecule has 0 N–H and O–H groups in total. The second-order valence-electron chi connectivity index (χ2n) is 2.28. The summed E-state index contributed by atoms with van der Waals surface area (Å²) >= 11 is 1.99. The van der Waals surface area contributed by atoms with Gasteiger partial charge in [-0.2, -0.15) is 11.8 Å². The minimum absolute atomic E-state index is 0.731. The molecular formula is C7H15S. The van der Waals surface area contributed by atoms with Crippen LogP contribution < -0.4 is 0 Å². The Bertz CT molecular complexity index is 50.3. The van der Waals surface area contributed by atoms with E-state index in [0.29, 0.717) is 0 Å². The van der Waals surface area contributed by atoms with Crippen LogP contribution in [-0.2, 0) is 0 Å². The highest BCUT2D eigenvalue weighted by Crippen LogP contribution is 2.18. The fraction of sp³-hybridized carbons (Fsp3) is 0.857. The van der Waals surface area contributed by atoms with Crippen LogP contribution in [0.25, 0.3) is 0 Å². The molecule has 0 amide bonds. The summed E-state index contributed by atoms with van der Waals surface area (Å²) in [5.74, 6) is 0. The lowest BCUT2D eigenvalue weighted by atomic mass is 10.4. The first-order chi connectivity index (χ1) is 3.66. The van der Waals surface area contributed by atoms with Gasteiger partial charge in [0.15, 0.2) is 0 Å². The Morgan fingerprint density at radius 2 is 1.88 bits per heavy atom. The van der Waals surface area contributed by atoms with Crippen molar-refractivity contribution >= 4 is 11.8 Å². The van der Waals surface area contributed by atoms with Crippen LogP contribution >= 0.6 is 11.8 Å².